The minimum absolute atomic E-state index is 0.0125. The van der Waals surface area contributed by atoms with Gasteiger partial charge in [-0.3, -0.25) is 14.4 Å². The molecule has 182 valence electrons. The molecule has 3 amide bonds. The van der Waals surface area contributed by atoms with Gasteiger partial charge in [-0.25, -0.2) is 0 Å². The summed E-state index contributed by atoms with van der Waals surface area (Å²) in [5.41, 5.74) is 2.12. The van der Waals surface area contributed by atoms with Crippen LogP contribution in [0.3, 0.4) is 0 Å². The Balaban J connectivity index is 1.71. The van der Waals surface area contributed by atoms with Crippen LogP contribution in [-0.4, -0.2) is 54.9 Å². The molecule has 0 bridgehead atoms. The normalized spacial score (nSPS) is 15.8. The molecule has 0 unspecified atom stereocenters. The van der Waals surface area contributed by atoms with Crippen molar-refractivity contribution >= 4 is 17.7 Å². The van der Waals surface area contributed by atoms with Gasteiger partial charge in [-0.1, -0.05) is 36.8 Å². The third-order valence-corrected chi connectivity index (χ3v) is 6.52. The smallest absolute Gasteiger partial charge is 0.257 e. The summed E-state index contributed by atoms with van der Waals surface area (Å²) >= 11 is 0. The van der Waals surface area contributed by atoms with Gasteiger partial charge in [-0.2, -0.15) is 0 Å². The summed E-state index contributed by atoms with van der Waals surface area (Å²) in [6.07, 6.45) is 2.04. The lowest BCUT2D eigenvalue weighted by atomic mass is 9.88. The van der Waals surface area contributed by atoms with Crippen LogP contribution in [0.5, 0.6) is 5.75 Å². The Kier molecular flexibility index (Phi) is 8.68. The van der Waals surface area contributed by atoms with E-state index in [0.717, 1.165) is 12.0 Å². The van der Waals surface area contributed by atoms with Crippen LogP contribution in [0.25, 0.3) is 0 Å². The molecule has 2 aromatic carbocycles. The third-order valence-electron chi connectivity index (χ3n) is 6.52. The van der Waals surface area contributed by atoms with Gasteiger partial charge in [0.05, 0.1) is 12.7 Å². The summed E-state index contributed by atoms with van der Waals surface area (Å²) in [6, 6.07) is 13.8. The first kappa shape index (κ1) is 25.3. The molecule has 2 aromatic rings. The lowest BCUT2D eigenvalue weighted by Gasteiger charge is -2.36. The molecule has 34 heavy (non-hydrogen) atoms. The van der Waals surface area contributed by atoms with E-state index < -0.39 is 6.04 Å². The summed E-state index contributed by atoms with van der Waals surface area (Å²) in [6.45, 7) is 6.94. The minimum atomic E-state index is -0.661. The Morgan fingerprint density at radius 1 is 1.03 bits per heavy atom. The molecular weight excluding hydrogens is 430 g/mol. The lowest BCUT2D eigenvalue weighted by molar-refractivity contribution is -0.125. The number of hydrogen-bond acceptors (Lipinski definition) is 4. The molecule has 0 spiro atoms. The molecule has 1 saturated heterocycles. The van der Waals surface area contributed by atoms with Crippen LogP contribution >= 0.6 is 0 Å². The second-order valence-corrected chi connectivity index (χ2v) is 8.96. The molecular formula is C27H35N3O4. The van der Waals surface area contributed by atoms with Crippen LogP contribution in [0.2, 0.25) is 0 Å². The van der Waals surface area contributed by atoms with Gasteiger partial charge in [0, 0.05) is 24.7 Å². The Morgan fingerprint density at radius 3 is 2.29 bits per heavy atom. The summed E-state index contributed by atoms with van der Waals surface area (Å²) in [5.74, 6) is -0.0488. The maximum absolute atomic E-state index is 13.1. The highest BCUT2D eigenvalue weighted by Gasteiger charge is 2.35. The van der Waals surface area contributed by atoms with Crippen molar-refractivity contribution in [3.63, 3.8) is 0 Å². The van der Waals surface area contributed by atoms with Gasteiger partial charge in [0.25, 0.3) is 11.8 Å². The Labute approximate surface area is 201 Å². The monoisotopic (exact) mass is 465 g/mol. The molecule has 1 aliphatic heterocycles. The first-order valence-corrected chi connectivity index (χ1v) is 11.9. The van der Waals surface area contributed by atoms with Crippen molar-refractivity contribution < 1.29 is 19.1 Å². The molecule has 1 fully saturated rings. The third kappa shape index (κ3) is 6.16. The van der Waals surface area contributed by atoms with Gasteiger partial charge in [0.1, 0.15) is 11.8 Å². The number of para-hydroxylation sites is 1. The quantitative estimate of drug-likeness (QED) is 0.624. The molecule has 1 heterocycles. The van der Waals surface area contributed by atoms with Crippen molar-refractivity contribution in [3.8, 4) is 5.75 Å². The molecule has 0 aliphatic carbocycles. The number of nitrogens with zero attached hydrogens (tertiary/aromatic N) is 1. The van der Waals surface area contributed by atoms with Crippen molar-refractivity contribution in [2.24, 2.45) is 5.92 Å². The van der Waals surface area contributed by atoms with E-state index in [1.807, 2.05) is 45.0 Å². The van der Waals surface area contributed by atoms with E-state index in [2.05, 4.69) is 10.6 Å². The Hall–Kier alpha value is -3.35. The number of ether oxygens (including phenoxy) is 1. The van der Waals surface area contributed by atoms with Gasteiger partial charge < -0.3 is 20.3 Å². The largest absolute Gasteiger partial charge is 0.496 e. The van der Waals surface area contributed by atoms with Gasteiger partial charge in [-0.15, -0.1) is 0 Å². The molecule has 2 atom stereocenters. The molecule has 0 aromatic heterocycles. The van der Waals surface area contributed by atoms with Crippen molar-refractivity contribution in [1.82, 2.24) is 15.5 Å². The van der Waals surface area contributed by atoms with Crippen molar-refractivity contribution in [2.45, 2.75) is 52.1 Å². The van der Waals surface area contributed by atoms with Crippen LogP contribution < -0.4 is 15.4 Å². The van der Waals surface area contributed by atoms with Crippen LogP contribution in [0.15, 0.2) is 48.5 Å². The van der Waals surface area contributed by atoms with Crippen LogP contribution in [0, 0.1) is 12.8 Å². The fraction of sp³-hybridized carbons (Fsp3) is 0.444. The molecule has 7 nitrogen and oxygen atoms in total. The van der Waals surface area contributed by atoms with E-state index >= 15 is 0 Å². The molecule has 0 saturated carbocycles. The maximum atomic E-state index is 13.1. The number of amides is 3. The SMILES string of the molecule is CC[C@@H](C)NC(=O)[C@H](NC(=O)c1ccc(C)cc1)C1CCN(C(=O)c2ccccc2OC)CC1. The van der Waals surface area contributed by atoms with E-state index in [1.54, 1.807) is 36.3 Å². The minimum Gasteiger partial charge on any atom is -0.496 e. The van der Waals surface area contributed by atoms with Crippen LogP contribution in [-0.2, 0) is 4.79 Å². The van der Waals surface area contributed by atoms with E-state index in [9.17, 15) is 14.4 Å². The second kappa shape index (κ2) is 11.7. The second-order valence-electron chi connectivity index (χ2n) is 8.96. The zero-order valence-corrected chi connectivity index (χ0v) is 20.5. The molecule has 3 rings (SSSR count). The zero-order valence-electron chi connectivity index (χ0n) is 20.5. The summed E-state index contributed by atoms with van der Waals surface area (Å²) in [4.78, 5) is 40.9. The number of carbonyl (C=O) groups excluding carboxylic acids is 3. The van der Waals surface area contributed by atoms with E-state index in [4.69, 9.17) is 4.74 Å². The number of likely N-dealkylation sites (tertiary alicyclic amines) is 1. The van der Waals surface area contributed by atoms with E-state index in [0.29, 0.717) is 42.8 Å². The van der Waals surface area contributed by atoms with E-state index in [-0.39, 0.29) is 29.7 Å². The predicted molar refractivity (Wildman–Crippen MR) is 132 cm³/mol. The highest BCUT2D eigenvalue weighted by Crippen LogP contribution is 2.26. The van der Waals surface area contributed by atoms with Crippen molar-refractivity contribution in [1.29, 1.82) is 0 Å². The topological polar surface area (TPSA) is 87.7 Å². The number of benzene rings is 2. The number of piperidine rings is 1. The molecule has 7 heteroatoms. The molecule has 0 radical (unpaired) electrons. The standard InChI is InChI=1S/C27H35N3O4/c1-5-19(3)28-26(32)24(29-25(31)21-12-10-18(2)11-13-21)20-14-16-30(17-15-20)27(33)22-8-6-7-9-23(22)34-4/h6-13,19-20,24H,5,14-17H2,1-4H3,(H,28,32)(H,29,31)/t19-,24-/m1/s1. The van der Waals surface area contributed by atoms with Crippen LogP contribution in [0.1, 0.15) is 59.4 Å². The number of carbonyl (C=O) groups is 3. The van der Waals surface area contributed by atoms with E-state index in [1.165, 1.54) is 0 Å². The number of aryl methyl sites for hydroxylation is 1. The van der Waals surface area contributed by atoms with Crippen LogP contribution in [0.4, 0.5) is 0 Å². The summed E-state index contributed by atoms with van der Waals surface area (Å²) < 4.78 is 5.34. The zero-order chi connectivity index (χ0) is 24.7. The first-order chi connectivity index (χ1) is 16.3. The Bertz CT molecular complexity index is 997. The van der Waals surface area contributed by atoms with Gasteiger partial charge in [0.2, 0.25) is 5.91 Å². The number of rotatable bonds is 8. The van der Waals surface area contributed by atoms with Crippen molar-refractivity contribution in [3.05, 3.63) is 65.2 Å². The highest BCUT2D eigenvalue weighted by molar-refractivity contribution is 5.98. The van der Waals surface area contributed by atoms with Gasteiger partial charge in [-0.05, 0) is 63.3 Å². The predicted octanol–water partition coefficient (Wildman–Crippen LogP) is 3.57. The van der Waals surface area contributed by atoms with Crippen molar-refractivity contribution in [2.75, 3.05) is 20.2 Å². The number of nitrogens with one attached hydrogen (secondary N) is 2. The fourth-order valence-electron chi connectivity index (χ4n) is 4.19. The molecule has 1 aliphatic rings. The number of hydrogen-bond donors (Lipinski definition) is 2. The highest BCUT2D eigenvalue weighted by atomic mass is 16.5. The summed E-state index contributed by atoms with van der Waals surface area (Å²) in [7, 11) is 1.55. The average Bonchev–Trinajstić information content (AvgIpc) is 2.87. The first-order valence-electron chi connectivity index (χ1n) is 11.9. The maximum Gasteiger partial charge on any atom is 0.257 e. The fourth-order valence-corrected chi connectivity index (χ4v) is 4.19. The average molecular weight is 466 g/mol. The van der Waals surface area contributed by atoms with Gasteiger partial charge in [0.15, 0.2) is 0 Å². The Morgan fingerprint density at radius 2 is 1.68 bits per heavy atom. The lowest BCUT2D eigenvalue weighted by Crippen LogP contribution is -2.55. The number of methoxy groups -OCH3 is 1. The molecule has 2 N–H and O–H groups in total. The summed E-state index contributed by atoms with van der Waals surface area (Å²) in [5, 5.41) is 5.99. The van der Waals surface area contributed by atoms with Gasteiger partial charge >= 0.3 is 0 Å².